The van der Waals surface area contributed by atoms with E-state index in [4.69, 9.17) is 5.11 Å². The third-order valence-corrected chi connectivity index (χ3v) is 4.18. The van der Waals surface area contributed by atoms with Gasteiger partial charge in [0.1, 0.15) is 12.4 Å². The minimum atomic E-state index is -3.73. The maximum Gasteiger partial charge on any atom is 0.240 e. The number of rotatable bonds is 4. The van der Waals surface area contributed by atoms with E-state index in [1.807, 2.05) is 20.8 Å². The molecule has 0 atom stereocenters. The van der Waals surface area contributed by atoms with Crippen molar-refractivity contribution in [2.24, 2.45) is 5.41 Å². The van der Waals surface area contributed by atoms with Gasteiger partial charge in [-0.25, -0.2) is 17.5 Å². The summed E-state index contributed by atoms with van der Waals surface area (Å²) in [6, 6.07) is 3.51. The number of hydrogen-bond donors (Lipinski definition) is 2. The first-order valence-corrected chi connectivity index (χ1v) is 8.03. The molecule has 0 saturated carbocycles. The van der Waals surface area contributed by atoms with Crippen molar-refractivity contribution in [1.29, 1.82) is 0 Å². The van der Waals surface area contributed by atoms with Crippen LogP contribution in [0.3, 0.4) is 0 Å². The summed E-state index contributed by atoms with van der Waals surface area (Å²) in [4.78, 5) is -0.136. The van der Waals surface area contributed by atoms with Crippen LogP contribution in [0.1, 0.15) is 32.8 Å². The first-order chi connectivity index (χ1) is 9.65. The average Bonchev–Trinajstić information content (AvgIpc) is 2.35. The summed E-state index contributed by atoms with van der Waals surface area (Å²) in [5, 5.41) is 8.56. The molecule has 116 valence electrons. The first kappa shape index (κ1) is 17.6. The molecule has 1 rings (SSSR count). The molecule has 0 fully saturated rings. The fourth-order valence-corrected chi connectivity index (χ4v) is 2.59. The van der Waals surface area contributed by atoms with Gasteiger partial charge >= 0.3 is 0 Å². The topological polar surface area (TPSA) is 66.4 Å². The Morgan fingerprint density at radius 2 is 2.00 bits per heavy atom. The molecule has 2 N–H and O–H groups in total. The van der Waals surface area contributed by atoms with E-state index in [1.54, 1.807) is 0 Å². The van der Waals surface area contributed by atoms with Crippen molar-refractivity contribution in [3.63, 3.8) is 0 Å². The van der Waals surface area contributed by atoms with E-state index in [-0.39, 0.29) is 22.5 Å². The second-order valence-corrected chi connectivity index (χ2v) is 7.58. The molecule has 4 nitrogen and oxygen atoms in total. The van der Waals surface area contributed by atoms with Crippen molar-refractivity contribution in [1.82, 2.24) is 4.72 Å². The quantitative estimate of drug-likeness (QED) is 0.834. The van der Waals surface area contributed by atoms with Crippen LogP contribution in [-0.4, -0.2) is 26.7 Å². The van der Waals surface area contributed by atoms with Gasteiger partial charge in [0.25, 0.3) is 0 Å². The predicted molar refractivity (Wildman–Crippen MR) is 79.6 cm³/mol. The summed E-state index contributed by atoms with van der Waals surface area (Å²) in [6.45, 7) is 5.94. The van der Waals surface area contributed by atoms with Crippen LogP contribution < -0.4 is 4.72 Å². The zero-order chi connectivity index (χ0) is 16.1. The Kier molecular flexibility index (Phi) is 5.90. The Morgan fingerprint density at radius 3 is 2.52 bits per heavy atom. The SMILES string of the molecule is CC(C)(C)CCNS(=O)(=O)c1ccc(C#CCO)c(F)c1. The molecule has 6 heteroatoms. The van der Waals surface area contributed by atoms with Crippen molar-refractivity contribution >= 4 is 10.0 Å². The maximum absolute atomic E-state index is 13.7. The zero-order valence-corrected chi connectivity index (χ0v) is 13.2. The highest BCUT2D eigenvalue weighted by atomic mass is 32.2. The molecule has 0 unspecified atom stereocenters. The van der Waals surface area contributed by atoms with Crippen LogP contribution in [0, 0.1) is 23.1 Å². The molecular weight excluding hydrogens is 293 g/mol. The molecule has 0 amide bonds. The normalized spacial score (nSPS) is 11.9. The summed E-state index contributed by atoms with van der Waals surface area (Å²) in [6.07, 6.45) is 0.675. The fourth-order valence-electron chi connectivity index (χ4n) is 1.54. The lowest BCUT2D eigenvalue weighted by Gasteiger charge is -2.18. The first-order valence-electron chi connectivity index (χ1n) is 6.55. The van der Waals surface area contributed by atoms with Crippen LogP contribution in [0.4, 0.5) is 4.39 Å². The largest absolute Gasteiger partial charge is 0.384 e. The van der Waals surface area contributed by atoms with Crippen LogP contribution >= 0.6 is 0 Å². The molecule has 21 heavy (non-hydrogen) atoms. The highest BCUT2D eigenvalue weighted by molar-refractivity contribution is 7.89. The fraction of sp³-hybridized carbons (Fsp3) is 0.467. The van der Waals surface area contributed by atoms with Crippen LogP contribution in [0.2, 0.25) is 0 Å². The highest BCUT2D eigenvalue weighted by Gasteiger charge is 2.17. The number of nitrogens with one attached hydrogen (secondary N) is 1. The smallest absolute Gasteiger partial charge is 0.240 e. The standard InChI is InChI=1S/C15H20FNO3S/c1-15(2,3)8-9-17-21(19,20)13-7-6-12(5-4-10-18)14(16)11-13/h6-7,11,17-18H,8-10H2,1-3H3. The highest BCUT2D eigenvalue weighted by Crippen LogP contribution is 2.18. The number of aliphatic hydroxyl groups excluding tert-OH is 1. The van der Waals surface area contributed by atoms with E-state index in [2.05, 4.69) is 16.6 Å². The molecular formula is C15H20FNO3S. The van der Waals surface area contributed by atoms with Gasteiger partial charge < -0.3 is 5.11 Å². The number of sulfonamides is 1. The molecule has 0 bridgehead atoms. The summed E-state index contributed by atoms with van der Waals surface area (Å²) in [5.74, 6) is 4.00. The van der Waals surface area contributed by atoms with Crippen molar-refractivity contribution < 1.29 is 17.9 Å². The van der Waals surface area contributed by atoms with Crippen molar-refractivity contribution in [3.8, 4) is 11.8 Å². The third kappa shape index (κ3) is 5.84. The van der Waals surface area contributed by atoms with Crippen molar-refractivity contribution in [2.45, 2.75) is 32.1 Å². The van der Waals surface area contributed by atoms with E-state index < -0.39 is 15.8 Å². The lowest BCUT2D eigenvalue weighted by atomic mass is 9.93. The number of halogens is 1. The second-order valence-electron chi connectivity index (χ2n) is 5.81. The molecule has 0 radical (unpaired) electrons. The van der Waals surface area contributed by atoms with Gasteiger partial charge in [0.2, 0.25) is 10.0 Å². The lowest BCUT2D eigenvalue weighted by Crippen LogP contribution is -2.27. The summed E-state index contributed by atoms with van der Waals surface area (Å²) in [5.41, 5.74) is 0.0648. The van der Waals surface area contributed by atoms with Crippen LogP contribution in [0.15, 0.2) is 23.1 Å². The van der Waals surface area contributed by atoms with Gasteiger partial charge in [0, 0.05) is 6.54 Å². The molecule has 0 aliphatic carbocycles. The average molecular weight is 313 g/mol. The molecule has 0 saturated heterocycles. The number of benzene rings is 1. The minimum absolute atomic E-state index is 0.0114. The molecule has 0 aromatic heterocycles. The Hall–Kier alpha value is -1.42. The van der Waals surface area contributed by atoms with Gasteiger partial charge in [-0.3, -0.25) is 0 Å². The van der Waals surface area contributed by atoms with Gasteiger partial charge in [-0.2, -0.15) is 0 Å². The van der Waals surface area contributed by atoms with E-state index in [0.717, 1.165) is 6.07 Å². The molecule has 0 spiro atoms. The predicted octanol–water partition coefficient (Wildman–Crippen LogP) is 1.88. The summed E-state index contributed by atoms with van der Waals surface area (Å²) < 4.78 is 40.3. The second kappa shape index (κ2) is 7.03. The number of hydrogen-bond acceptors (Lipinski definition) is 3. The molecule has 1 aromatic carbocycles. The molecule has 1 aromatic rings. The number of aliphatic hydroxyl groups is 1. The van der Waals surface area contributed by atoms with Gasteiger partial charge in [-0.15, -0.1) is 0 Å². The van der Waals surface area contributed by atoms with E-state index in [0.29, 0.717) is 13.0 Å². The van der Waals surface area contributed by atoms with E-state index >= 15 is 0 Å². The van der Waals surface area contributed by atoms with Crippen LogP contribution in [0.5, 0.6) is 0 Å². The van der Waals surface area contributed by atoms with Crippen molar-refractivity contribution in [2.75, 3.05) is 13.2 Å². The Bertz CT molecular complexity index is 652. The lowest BCUT2D eigenvalue weighted by molar-refractivity contribution is 0.350. The van der Waals surface area contributed by atoms with Gasteiger partial charge in [0.15, 0.2) is 0 Å². The molecule has 0 aliphatic heterocycles. The maximum atomic E-state index is 13.7. The molecule has 0 aliphatic rings. The van der Waals surface area contributed by atoms with E-state index in [1.165, 1.54) is 12.1 Å². The Labute approximate surface area is 125 Å². The zero-order valence-electron chi connectivity index (χ0n) is 12.4. The van der Waals surface area contributed by atoms with E-state index in [9.17, 15) is 12.8 Å². The summed E-state index contributed by atoms with van der Waals surface area (Å²) in [7, 11) is -3.73. The molecule has 0 heterocycles. The van der Waals surface area contributed by atoms with Crippen LogP contribution in [-0.2, 0) is 10.0 Å². The Balaban J connectivity index is 2.87. The van der Waals surface area contributed by atoms with Crippen molar-refractivity contribution in [3.05, 3.63) is 29.6 Å². The van der Waals surface area contributed by atoms with Gasteiger partial charge in [0.05, 0.1) is 10.5 Å². The van der Waals surface area contributed by atoms with Crippen LogP contribution in [0.25, 0.3) is 0 Å². The summed E-state index contributed by atoms with van der Waals surface area (Å²) >= 11 is 0. The van der Waals surface area contributed by atoms with Gasteiger partial charge in [-0.05, 0) is 30.0 Å². The third-order valence-electron chi connectivity index (χ3n) is 2.72. The minimum Gasteiger partial charge on any atom is -0.384 e. The Morgan fingerprint density at radius 1 is 1.33 bits per heavy atom. The van der Waals surface area contributed by atoms with Gasteiger partial charge in [-0.1, -0.05) is 32.6 Å². The monoisotopic (exact) mass is 313 g/mol.